The summed E-state index contributed by atoms with van der Waals surface area (Å²) in [5.41, 5.74) is 0.0505. The predicted octanol–water partition coefficient (Wildman–Crippen LogP) is 0.778. The van der Waals surface area contributed by atoms with Crippen LogP contribution in [0.25, 0.3) is 0 Å². The molecule has 0 aromatic carbocycles. The molecule has 1 aromatic heterocycles. The molecule has 1 saturated carbocycles. The Hall–Kier alpha value is -0.870. The van der Waals surface area contributed by atoms with Gasteiger partial charge in [0.25, 0.3) is 0 Å². The second kappa shape index (κ2) is 4.77. The summed E-state index contributed by atoms with van der Waals surface area (Å²) in [4.78, 5) is 4.00. The van der Waals surface area contributed by atoms with Crippen LogP contribution < -0.4 is 5.32 Å². The van der Waals surface area contributed by atoms with Crippen LogP contribution in [-0.4, -0.2) is 33.3 Å². The molecule has 4 nitrogen and oxygen atoms in total. The van der Waals surface area contributed by atoms with Crippen LogP contribution in [0.3, 0.4) is 0 Å². The molecule has 0 spiro atoms. The van der Waals surface area contributed by atoms with Gasteiger partial charge in [0, 0.05) is 24.5 Å². The van der Waals surface area contributed by atoms with Crippen LogP contribution in [0, 0.1) is 0 Å². The largest absolute Gasteiger partial charge is 0.394 e. The van der Waals surface area contributed by atoms with Crippen molar-refractivity contribution in [3.05, 3.63) is 18.7 Å². The zero-order chi connectivity index (χ0) is 10.6. The average molecular weight is 209 g/mol. The van der Waals surface area contributed by atoms with Crippen molar-refractivity contribution >= 4 is 0 Å². The molecule has 0 unspecified atom stereocenters. The van der Waals surface area contributed by atoms with E-state index in [1.165, 1.54) is 6.42 Å². The summed E-state index contributed by atoms with van der Waals surface area (Å²) >= 11 is 0. The lowest BCUT2D eigenvalue weighted by Gasteiger charge is -2.41. The van der Waals surface area contributed by atoms with E-state index in [0.717, 1.165) is 32.4 Å². The van der Waals surface area contributed by atoms with Gasteiger partial charge in [-0.25, -0.2) is 4.98 Å². The standard InChI is InChI=1S/C11H19N3O/c15-9-11(3-1-4-11)13-5-2-7-14-8-6-12-10-14/h6,8,10,13,15H,1-5,7,9H2. The minimum atomic E-state index is 0.0505. The van der Waals surface area contributed by atoms with Crippen LogP contribution in [-0.2, 0) is 6.54 Å². The molecule has 2 N–H and O–H groups in total. The smallest absolute Gasteiger partial charge is 0.0945 e. The molecule has 1 aromatic rings. The first kappa shape index (κ1) is 10.6. The van der Waals surface area contributed by atoms with Crippen molar-refractivity contribution in [1.82, 2.24) is 14.9 Å². The SMILES string of the molecule is OCC1(NCCCn2ccnc2)CCC1. The molecule has 1 aliphatic carbocycles. The van der Waals surface area contributed by atoms with Gasteiger partial charge in [-0.05, 0) is 32.2 Å². The number of imidazole rings is 1. The second-order valence-corrected chi connectivity index (χ2v) is 4.37. The third kappa shape index (κ3) is 2.58. The molecule has 1 aliphatic rings. The van der Waals surface area contributed by atoms with Crippen molar-refractivity contribution in [3.63, 3.8) is 0 Å². The molecule has 0 radical (unpaired) electrons. The first-order valence-corrected chi connectivity index (χ1v) is 5.66. The number of nitrogens with one attached hydrogen (secondary N) is 1. The van der Waals surface area contributed by atoms with Gasteiger partial charge in [0.1, 0.15) is 0 Å². The molecule has 1 fully saturated rings. The summed E-state index contributed by atoms with van der Waals surface area (Å²) in [6.07, 6.45) is 10.2. The Morgan fingerprint density at radius 3 is 2.87 bits per heavy atom. The lowest BCUT2D eigenvalue weighted by molar-refractivity contribution is 0.0885. The van der Waals surface area contributed by atoms with Crippen LogP contribution in [0.2, 0.25) is 0 Å². The molecule has 2 rings (SSSR count). The van der Waals surface area contributed by atoms with E-state index in [2.05, 4.69) is 14.9 Å². The van der Waals surface area contributed by atoms with E-state index in [1.807, 2.05) is 12.5 Å². The van der Waals surface area contributed by atoms with E-state index in [-0.39, 0.29) is 12.1 Å². The highest BCUT2D eigenvalue weighted by molar-refractivity contribution is 4.95. The Morgan fingerprint density at radius 1 is 1.47 bits per heavy atom. The van der Waals surface area contributed by atoms with Crippen molar-refractivity contribution < 1.29 is 5.11 Å². The summed E-state index contributed by atoms with van der Waals surface area (Å²) in [5, 5.41) is 12.7. The molecule has 0 bridgehead atoms. The maximum Gasteiger partial charge on any atom is 0.0945 e. The van der Waals surface area contributed by atoms with Crippen LogP contribution in [0.1, 0.15) is 25.7 Å². The number of aryl methyl sites for hydroxylation is 1. The molecule has 1 heterocycles. The van der Waals surface area contributed by atoms with E-state index in [1.54, 1.807) is 6.20 Å². The highest BCUT2D eigenvalue weighted by Crippen LogP contribution is 2.30. The van der Waals surface area contributed by atoms with E-state index in [4.69, 9.17) is 0 Å². The quantitative estimate of drug-likeness (QED) is 0.681. The number of rotatable bonds is 6. The van der Waals surface area contributed by atoms with Gasteiger partial charge in [-0.2, -0.15) is 0 Å². The molecule has 0 saturated heterocycles. The maximum absolute atomic E-state index is 9.24. The van der Waals surface area contributed by atoms with Crippen molar-refractivity contribution in [3.8, 4) is 0 Å². The second-order valence-electron chi connectivity index (χ2n) is 4.37. The number of aliphatic hydroxyl groups excluding tert-OH is 1. The fraction of sp³-hybridized carbons (Fsp3) is 0.727. The van der Waals surface area contributed by atoms with E-state index >= 15 is 0 Å². The van der Waals surface area contributed by atoms with Gasteiger partial charge in [-0.3, -0.25) is 0 Å². The van der Waals surface area contributed by atoms with E-state index in [0.29, 0.717) is 0 Å². The molecule has 4 heteroatoms. The molecule has 15 heavy (non-hydrogen) atoms. The lowest BCUT2D eigenvalue weighted by Crippen LogP contribution is -2.54. The van der Waals surface area contributed by atoms with Crippen LogP contribution in [0.15, 0.2) is 18.7 Å². The van der Waals surface area contributed by atoms with Gasteiger partial charge in [-0.15, -0.1) is 0 Å². The van der Waals surface area contributed by atoms with Gasteiger partial charge in [-0.1, -0.05) is 0 Å². The van der Waals surface area contributed by atoms with E-state index < -0.39 is 0 Å². The number of aromatic nitrogens is 2. The Labute approximate surface area is 90.3 Å². The summed E-state index contributed by atoms with van der Waals surface area (Å²) in [6.45, 7) is 2.24. The summed E-state index contributed by atoms with van der Waals surface area (Å²) in [7, 11) is 0. The minimum absolute atomic E-state index is 0.0505. The highest BCUT2D eigenvalue weighted by Gasteiger charge is 2.35. The lowest BCUT2D eigenvalue weighted by atomic mass is 9.77. The Kier molecular flexibility index (Phi) is 3.38. The molecule has 0 aliphatic heterocycles. The number of hydrogen-bond donors (Lipinski definition) is 2. The fourth-order valence-electron chi connectivity index (χ4n) is 2.03. The molecule has 84 valence electrons. The molecular weight excluding hydrogens is 190 g/mol. The summed E-state index contributed by atoms with van der Waals surface area (Å²) < 4.78 is 2.08. The summed E-state index contributed by atoms with van der Waals surface area (Å²) in [5.74, 6) is 0. The van der Waals surface area contributed by atoms with Crippen molar-refractivity contribution in [2.45, 2.75) is 37.8 Å². The monoisotopic (exact) mass is 209 g/mol. The molecule has 0 amide bonds. The van der Waals surface area contributed by atoms with Crippen molar-refractivity contribution in [2.75, 3.05) is 13.2 Å². The van der Waals surface area contributed by atoms with E-state index in [9.17, 15) is 5.11 Å². The average Bonchev–Trinajstić information content (AvgIpc) is 2.68. The van der Waals surface area contributed by atoms with Crippen molar-refractivity contribution in [1.29, 1.82) is 0 Å². The Balaban J connectivity index is 1.62. The minimum Gasteiger partial charge on any atom is -0.394 e. The fourth-order valence-corrected chi connectivity index (χ4v) is 2.03. The zero-order valence-corrected chi connectivity index (χ0v) is 9.02. The zero-order valence-electron chi connectivity index (χ0n) is 9.02. The number of nitrogens with zero attached hydrogens (tertiary/aromatic N) is 2. The normalized spacial score (nSPS) is 18.7. The van der Waals surface area contributed by atoms with Crippen molar-refractivity contribution in [2.24, 2.45) is 0 Å². The van der Waals surface area contributed by atoms with Crippen LogP contribution in [0.5, 0.6) is 0 Å². The van der Waals surface area contributed by atoms with Gasteiger partial charge in [0.15, 0.2) is 0 Å². The van der Waals surface area contributed by atoms with Gasteiger partial charge in [0.2, 0.25) is 0 Å². The van der Waals surface area contributed by atoms with Gasteiger partial charge < -0.3 is 15.0 Å². The highest BCUT2D eigenvalue weighted by atomic mass is 16.3. The Morgan fingerprint density at radius 2 is 2.33 bits per heavy atom. The molecular formula is C11H19N3O. The van der Waals surface area contributed by atoms with Crippen LogP contribution >= 0.6 is 0 Å². The van der Waals surface area contributed by atoms with Crippen LogP contribution in [0.4, 0.5) is 0 Å². The number of aliphatic hydroxyl groups is 1. The third-order valence-electron chi connectivity index (χ3n) is 3.27. The maximum atomic E-state index is 9.24. The van der Waals surface area contributed by atoms with Gasteiger partial charge in [0.05, 0.1) is 12.9 Å². The summed E-state index contributed by atoms with van der Waals surface area (Å²) in [6, 6.07) is 0. The van der Waals surface area contributed by atoms with Gasteiger partial charge >= 0.3 is 0 Å². The number of hydrogen-bond acceptors (Lipinski definition) is 3. The first-order valence-electron chi connectivity index (χ1n) is 5.66. The third-order valence-corrected chi connectivity index (χ3v) is 3.27. The topological polar surface area (TPSA) is 50.1 Å². The Bertz CT molecular complexity index is 275. The first-order chi connectivity index (χ1) is 7.35. The molecule has 0 atom stereocenters. The predicted molar refractivity (Wildman–Crippen MR) is 58.5 cm³/mol.